The van der Waals surface area contributed by atoms with Crippen LogP contribution in [-0.4, -0.2) is 0 Å². The molecule has 0 aromatic rings. The van der Waals surface area contributed by atoms with Gasteiger partial charge in [0.05, 0.1) is 0 Å². The molecule has 0 aromatic heterocycles. The third kappa shape index (κ3) is 1.01. The van der Waals surface area contributed by atoms with Gasteiger partial charge in [0.1, 0.15) is 0 Å². The summed E-state index contributed by atoms with van der Waals surface area (Å²) in [5.74, 6) is 5.87. The highest BCUT2D eigenvalue weighted by molar-refractivity contribution is 5.53. The SMILES string of the molecule is C1=C[C@@H]2C=C(C3=C[C@@H]4C=C[C@@H]5C=C[C@@H]3[C@H]54)[C@H]3C=C[C@H]1[C@@H]23. The van der Waals surface area contributed by atoms with Gasteiger partial charge in [-0.15, -0.1) is 0 Å². The van der Waals surface area contributed by atoms with Crippen LogP contribution in [0.15, 0.2) is 71.9 Å². The first-order chi connectivity index (χ1) is 9.90. The van der Waals surface area contributed by atoms with Gasteiger partial charge in [-0.3, -0.25) is 0 Å². The monoisotopic (exact) mass is 258 g/mol. The minimum Gasteiger partial charge on any atom is -0.0807 e. The number of hydrogen-bond donors (Lipinski definition) is 0. The Labute approximate surface area is 120 Å². The van der Waals surface area contributed by atoms with E-state index in [0.29, 0.717) is 35.5 Å². The van der Waals surface area contributed by atoms with Crippen LogP contribution in [0.4, 0.5) is 0 Å². The van der Waals surface area contributed by atoms with Crippen LogP contribution in [0.1, 0.15) is 0 Å². The van der Waals surface area contributed by atoms with Gasteiger partial charge in [-0.05, 0) is 46.7 Å². The maximum atomic E-state index is 2.59. The second kappa shape index (κ2) is 3.19. The van der Waals surface area contributed by atoms with Gasteiger partial charge in [-0.25, -0.2) is 0 Å². The van der Waals surface area contributed by atoms with Crippen molar-refractivity contribution in [1.82, 2.24) is 0 Å². The summed E-state index contributed by atoms with van der Waals surface area (Å²) in [4.78, 5) is 0. The molecule has 0 nitrogen and oxygen atoms in total. The topological polar surface area (TPSA) is 0 Å². The molecule has 6 rings (SSSR count). The van der Waals surface area contributed by atoms with Crippen LogP contribution >= 0.6 is 0 Å². The van der Waals surface area contributed by atoms with Crippen molar-refractivity contribution in [2.24, 2.45) is 47.3 Å². The fraction of sp³-hybridized carbons (Fsp3) is 0.400. The van der Waals surface area contributed by atoms with Crippen LogP contribution < -0.4 is 0 Å². The molecule has 0 saturated heterocycles. The van der Waals surface area contributed by atoms with Gasteiger partial charge in [0.15, 0.2) is 0 Å². The second-order valence-electron chi connectivity index (χ2n) is 7.30. The zero-order valence-corrected chi connectivity index (χ0v) is 11.4. The predicted octanol–water partition coefficient (Wildman–Crippen LogP) is 4.08. The quantitative estimate of drug-likeness (QED) is 0.622. The van der Waals surface area contributed by atoms with Gasteiger partial charge in [0, 0.05) is 11.8 Å². The lowest BCUT2D eigenvalue weighted by Gasteiger charge is -2.22. The van der Waals surface area contributed by atoms with Crippen molar-refractivity contribution in [3.63, 3.8) is 0 Å². The Balaban J connectivity index is 1.47. The summed E-state index contributed by atoms with van der Waals surface area (Å²) in [6.07, 6.45) is 24.8. The van der Waals surface area contributed by atoms with Crippen molar-refractivity contribution < 1.29 is 0 Å². The molecule has 0 N–H and O–H groups in total. The van der Waals surface area contributed by atoms with Crippen LogP contribution in [-0.2, 0) is 0 Å². The van der Waals surface area contributed by atoms with Crippen LogP contribution in [0.2, 0.25) is 0 Å². The van der Waals surface area contributed by atoms with Gasteiger partial charge < -0.3 is 0 Å². The molecule has 0 saturated carbocycles. The lowest BCUT2D eigenvalue weighted by molar-refractivity contribution is 0.398. The summed E-state index contributed by atoms with van der Waals surface area (Å²) >= 11 is 0. The third-order valence-electron chi connectivity index (χ3n) is 6.60. The molecule has 0 fully saturated rings. The molecule has 20 heavy (non-hydrogen) atoms. The fourth-order valence-electron chi connectivity index (χ4n) is 5.80. The summed E-state index contributed by atoms with van der Waals surface area (Å²) in [7, 11) is 0. The van der Waals surface area contributed by atoms with Gasteiger partial charge in [-0.1, -0.05) is 60.8 Å². The predicted molar refractivity (Wildman–Crippen MR) is 80.6 cm³/mol. The van der Waals surface area contributed by atoms with Crippen LogP contribution in [0.5, 0.6) is 0 Å². The Hall–Kier alpha value is -1.56. The Morgan fingerprint density at radius 3 is 1.35 bits per heavy atom. The van der Waals surface area contributed by atoms with E-state index in [0.717, 1.165) is 11.8 Å². The van der Waals surface area contributed by atoms with E-state index in [-0.39, 0.29) is 0 Å². The van der Waals surface area contributed by atoms with E-state index in [1.54, 1.807) is 11.1 Å². The van der Waals surface area contributed by atoms with Gasteiger partial charge in [-0.2, -0.15) is 0 Å². The van der Waals surface area contributed by atoms with Crippen molar-refractivity contribution in [3.8, 4) is 0 Å². The first-order valence-corrected chi connectivity index (χ1v) is 8.07. The molecule has 0 bridgehead atoms. The van der Waals surface area contributed by atoms with E-state index in [1.165, 1.54) is 0 Å². The highest BCUT2D eigenvalue weighted by Gasteiger charge is 2.50. The van der Waals surface area contributed by atoms with E-state index >= 15 is 0 Å². The Kier molecular flexibility index (Phi) is 1.63. The molecule has 0 unspecified atom stereocenters. The summed E-state index contributed by atoms with van der Waals surface area (Å²) in [6.45, 7) is 0. The van der Waals surface area contributed by atoms with Crippen LogP contribution in [0, 0.1) is 47.3 Å². The zero-order valence-electron chi connectivity index (χ0n) is 11.4. The average molecular weight is 258 g/mol. The van der Waals surface area contributed by atoms with Crippen LogP contribution in [0.25, 0.3) is 0 Å². The second-order valence-corrected chi connectivity index (χ2v) is 7.30. The van der Waals surface area contributed by atoms with Crippen molar-refractivity contribution in [2.45, 2.75) is 0 Å². The lowest BCUT2D eigenvalue weighted by Crippen LogP contribution is -2.16. The average Bonchev–Trinajstić information content (AvgIpc) is 3.18. The Bertz CT molecular complexity index is 621. The van der Waals surface area contributed by atoms with Gasteiger partial charge in [0.2, 0.25) is 0 Å². The van der Waals surface area contributed by atoms with E-state index in [1.807, 2.05) is 0 Å². The van der Waals surface area contributed by atoms with E-state index in [4.69, 9.17) is 0 Å². The minimum atomic E-state index is 0.696. The molecular weight excluding hydrogens is 240 g/mol. The molecule has 0 heteroatoms. The minimum absolute atomic E-state index is 0.696. The molecule has 0 radical (unpaired) electrons. The Morgan fingerprint density at radius 2 is 0.850 bits per heavy atom. The highest BCUT2D eigenvalue weighted by atomic mass is 14.5. The number of rotatable bonds is 1. The normalized spacial score (nSPS) is 54.8. The van der Waals surface area contributed by atoms with Gasteiger partial charge >= 0.3 is 0 Å². The van der Waals surface area contributed by atoms with Crippen molar-refractivity contribution >= 4 is 0 Å². The largest absolute Gasteiger partial charge is 0.0807 e. The maximum absolute atomic E-state index is 2.59. The number of hydrogen-bond acceptors (Lipinski definition) is 0. The zero-order chi connectivity index (χ0) is 12.8. The molecule has 0 spiro atoms. The molecule has 6 aliphatic rings. The summed E-state index contributed by atoms with van der Waals surface area (Å²) in [5, 5.41) is 0. The number of allylic oxidation sites excluding steroid dienone is 12. The van der Waals surface area contributed by atoms with Crippen LogP contribution in [0.3, 0.4) is 0 Å². The molecule has 8 atom stereocenters. The first-order valence-electron chi connectivity index (χ1n) is 8.07. The Morgan fingerprint density at radius 1 is 0.450 bits per heavy atom. The molecule has 0 heterocycles. The molecule has 0 aliphatic heterocycles. The molecule has 0 amide bonds. The summed E-state index contributed by atoms with van der Waals surface area (Å²) in [5.41, 5.74) is 3.34. The third-order valence-corrected chi connectivity index (χ3v) is 6.60. The van der Waals surface area contributed by atoms with E-state index in [9.17, 15) is 0 Å². The smallest absolute Gasteiger partial charge is 0.00636 e. The molecular formula is C20H18. The van der Waals surface area contributed by atoms with E-state index in [2.05, 4.69) is 60.8 Å². The summed E-state index contributed by atoms with van der Waals surface area (Å²) in [6, 6.07) is 0. The highest BCUT2D eigenvalue weighted by Crippen LogP contribution is 2.59. The maximum Gasteiger partial charge on any atom is 0.00636 e. The molecule has 6 aliphatic carbocycles. The van der Waals surface area contributed by atoms with E-state index < -0.39 is 0 Å². The lowest BCUT2D eigenvalue weighted by atomic mass is 9.81. The fourth-order valence-corrected chi connectivity index (χ4v) is 5.80. The first kappa shape index (κ1) is 10.2. The molecule has 0 aromatic carbocycles. The summed E-state index contributed by atoms with van der Waals surface area (Å²) < 4.78 is 0. The standard InChI is InChI=1S/C20H18/c1-3-13-9-17(15-7-5-11(1)19(13)15)18-10-14-4-2-12-6-8-16(18)20(12)14/h1-16,19-20H/t11-,12+,13+,14-,15+,16-,19-,20+. The molecule has 98 valence electrons. The van der Waals surface area contributed by atoms with Crippen molar-refractivity contribution in [3.05, 3.63) is 71.9 Å². The van der Waals surface area contributed by atoms with Crippen molar-refractivity contribution in [2.75, 3.05) is 0 Å². The van der Waals surface area contributed by atoms with Crippen molar-refractivity contribution in [1.29, 1.82) is 0 Å². The van der Waals surface area contributed by atoms with Gasteiger partial charge in [0.25, 0.3) is 0 Å².